The minimum atomic E-state index is -0.447. The lowest BCUT2D eigenvalue weighted by Crippen LogP contribution is -2.42. The molecule has 1 saturated heterocycles. The van der Waals surface area contributed by atoms with E-state index >= 15 is 0 Å². The predicted molar refractivity (Wildman–Crippen MR) is 90.0 cm³/mol. The second-order valence-electron chi connectivity index (χ2n) is 6.74. The summed E-state index contributed by atoms with van der Waals surface area (Å²) in [5.41, 5.74) is 0.618. The number of ether oxygens (including phenoxy) is 2. The van der Waals surface area contributed by atoms with Crippen molar-refractivity contribution in [2.45, 2.75) is 39.2 Å². The molecule has 6 nitrogen and oxygen atoms in total. The van der Waals surface area contributed by atoms with Crippen LogP contribution >= 0.6 is 0 Å². The van der Waals surface area contributed by atoms with Gasteiger partial charge in [0.2, 0.25) is 0 Å². The molecule has 1 aliphatic rings. The number of methoxy groups -OCH3 is 1. The fraction of sp³-hybridized carbons (Fsp3) is 0.647. The number of amides is 1. The highest BCUT2D eigenvalue weighted by Gasteiger charge is 2.23. The average Bonchev–Trinajstić information content (AvgIpc) is 2.45. The molecule has 0 atom stereocenters. The lowest BCUT2D eigenvalue weighted by Gasteiger charge is -2.32. The van der Waals surface area contributed by atoms with Crippen LogP contribution in [0.3, 0.4) is 0 Å². The molecule has 0 saturated carbocycles. The molecule has 1 aliphatic heterocycles. The van der Waals surface area contributed by atoms with Crippen LogP contribution in [0.2, 0.25) is 0 Å². The van der Waals surface area contributed by atoms with E-state index in [9.17, 15) is 4.79 Å². The SMILES string of the molecule is COc1cncc(N2CCCN(C(=O)OC(C)(C)C)CCC2)c1. The van der Waals surface area contributed by atoms with E-state index < -0.39 is 5.60 Å². The minimum absolute atomic E-state index is 0.214. The topological polar surface area (TPSA) is 54.9 Å². The van der Waals surface area contributed by atoms with Crippen molar-refractivity contribution in [1.29, 1.82) is 0 Å². The lowest BCUT2D eigenvalue weighted by molar-refractivity contribution is 0.0242. The number of carbonyl (C=O) groups is 1. The Morgan fingerprint density at radius 1 is 1.13 bits per heavy atom. The normalized spacial score (nSPS) is 16.5. The Hall–Kier alpha value is -1.98. The maximum atomic E-state index is 12.2. The molecular weight excluding hydrogens is 294 g/mol. The number of hydrogen-bond acceptors (Lipinski definition) is 5. The number of carbonyl (C=O) groups excluding carboxylic acids is 1. The van der Waals surface area contributed by atoms with Crippen molar-refractivity contribution in [1.82, 2.24) is 9.88 Å². The van der Waals surface area contributed by atoms with E-state index in [1.807, 2.05) is 37.9 Å². The van der Waals surface area contributed by atoms with Gasteiger partial charge in [0.25, 0.3) is 0 Å². The van der Waals surface area contributed by atoms with Gasteiger partial charge in [0.15, 0.2) is 0 Å². The maximum Gasteiger partial charge on any atom is 0.410 e. The molecule has 0 N–H and O–H groups in total. The highest BCUT2D eigenvalue weighted by atomic mass is 16.6. The third kappa shape index (κ3) is 5.30. The zero-order chi connectivity index (χ0) is 16.9. The van der Waals surface area contributed by atoms with Gasteiger partial charge in [-0.2, -0.15) is 0 Å². The first kappa shape index (κ1) is 17.4. The van der Waals surface area contributed by atoms with Gasteiger partial charge in [-0.3, -0.25) is 4.98 Å². The summed E-state index contributed by atoms with van der Waals surface area (Å²) in [6.07, 6.45) is 5.15. The van der Waals surface area contributed by atoms with Crippen molar-refractivity contribution < 1.29 is 14.3 Å². The molecule has 2 heterocycles. The van der Waals surface area contributed by atoms with Gasteiger partial charge in [-0.25, -0.2) is 4.79 Å². The summed E-state index contributed by atoms with van der Waals surface area (Å²) in [5, 5.41) is 0. The third-order valence-corrected chi connectivity index (χ3v) is 3.66. The highest BCUT2D eigenvalue weighted by Crippen LogP contribution is 2.21. The predicted octanol–water partition coefficient (Wildman–Crippen LogP) is 2.93. The summed E-state index contributed by atoms with van der Waals surface area (Å²) in [5.74, 6) is 0.764. The van der Waals surface area contributed by atoms with Crippen molar-refractivity contribution in [2.24, 2.45) is 0 Å². The summed E-state index contributed by atoms with van der Waals surface area (Å²) in [4.78, 5) is 20.5. The Morgan fingerprint density at radius 3 is 2.35 bits per heavy atom. The molecule has 0 unspecified atom stereocenters. The zero-order valence-electron chi connectivity index (χ0n) is 14.5. The summed E-state index contributed by atoms with van der Waals surface area (Å²) < 4.78 is 10.7. The fourth-order valence-electron chi connectivity index (χ4n) is 2.59. The van der Waals surface area contributed by atoms with Crippen molar-refractivity contribution in [2.75, 3.05) is 38.2 Å². The number of hydrogen-bond donors (Lipinski definition) is 0. The van der Waals surface area contributed by atoms with Crippen LogP contribution in [0.25, 0.3) is 0 Å². The van der Waals surface area contributed by atoms with Crippen molar-refractivity contribution in [3.8, 4) is 5.75 Å². The summed E-state index contributed by atoms with van der Waals surface area (Å²) in [6, 6.07) is 2.00. The van der Waals surface area contributed by atoms with Gasteiger partial charge in [-0.15, -0.1) is 0 Å². The van der Waals surface area contributed by atoms with E-state index in [0.717, 1.165) is 37.4 Å². The lowest BCUT2D eigenvalue weighted by atomic mass is 10.2. The molecule has 0 aromatic carbocycles. The zero-order valence-corrected chi connectivity index (χ0v) is 14.5. The Kier molecular flexibility index (Phi) is 5.69. The monoisotopic (exact) mass is 321 g/mol. The molecule has 2 rings (SSSR count). The van der Waals surface area contributed by atoms with Gasteiger partial charge < -0.3 is 19.3 Å². The van der Waals surface area contributed by atoms with Crippen LogP contribution in [-0.2, 0) is 4.74 Å². The Bertz CT molecular complexity index is 518. The Balaban J connectivity index is 1.93. The van der Waals surface area contributed by atoms with Crippen LogP contribution in [0.1, 0.15) is 33.6 Å². The molecule has 0 bridgehead atoms. The van der Waals surface area contributed by atoms with Crippen molar-refractivity contribution in [3.63, 3.8) is 0 Å². The molecule has 1 aromatic rings. The molecule has 1 aromatic heterocycles. The van der Waals surface area contributed by atoms with Crippen LogP contribution in [0.4, 0.5) is 10.5 Å². The molecule has 1 fully saturated rings. The van der Waals surface area contributed by atoms with Crippen molar-refractivity contribution in [3.05, 3.63) is 18.5 Å². The van der Waals surface area contributed by atoms with Crippen LogP contribution in [0.15, 0.2) is 18.5 Å². The first-order valence-corrected chi connectivity index (χ1v) is 8.11. The van der Waals surface area contributed by atoms with Crippen LogP contribution in [0, 0.1) is 0 Å². The van der Waals surface area contributed by atoms with Gasteiger partial charge >= 0.3 is 6.09 Å². The van der Waals surface area contributed by atoms with E-state index in [1.165, 1.54) is 0 Å². The van der Waals surface area contributed by atoms with Gasteiger partial charge in [-0.1, -0.05) is 0 Å². The van der Waals surface area contributed by atoms with Gasteiger partial charge in [0.05, 0.1) is 25.2 Å². The van der Waals surface area contributed by atoms with Gasteiger partial charge in [0.1, 0.15) is 11.4 Å². The highest BCUT2D eigenvalue weighted by molar-refractivity contribution is 5.68. The number of pyridine rings is 1. The molecule has 1 amide bonds. The minimum Gasteiger partial charge on any atom is -0.495 e. The summed E-state index contributed by atoms with van der Waals surface area (Å²) in [6.45, 7) is 8.87. The summed E-state index contributed by atoms with van der Waals surface area (Å²) in [7, 11) is 1.65. The van der Waals surface area contributed by atoms with E-state index in [-0.39, 0.29) is 6.09 Å². The first-order chi connectivity index (χ1) is 10.9. The molecular formula is C17H27N3O3. The fourth-order valence-corrected chi connectivity index (χ4v) is 2.59. The quantitative estimate of drug-likeness (QED) is 0.838. The summed E-state index contributed by atoms with van der Waals surface area (Å²) >= 11 is 0. The molecule has 0 aliphatic carbocycles. The standard InChI is InChI=1S/C17H27N3O3/c1-17(2,3)23-16(21)20-9-5-7-19(8-6-10-20)14-11-15(22-4)13-18-12-14/h11-13H,5-10H2,1-4H3. The maximum absolute atomic E-state index is 12.2. The van der Waals surface area contributed by atoms with Crippen LogP contribution in [-0.4, -0.2) is 54.9 Å². The first-order valence-electron chi connectivity index (χ1n) is 8.11. The van der Waals surface area contributed by atoms with E-state index in [2.05, 4.69) is 9.88 Å². The molecule has 6 heteroatoms. The second-order valence-corrected chi connectivity index (χ2v) is 6.74. The second kappa shape index (κ2) is 7.53. The smallest absolute Gasteiger partial charge is 0.410 e. The van der Waals surface area contributed by atoms with Crippen LogP contribution in [0.5, 0.6) is 5.75 Å². The van der Waals surface area contributed by atoms with Gasteiger partial charge in [0, 0.05) is 32.2 Å². The molecule has 0 radical (unpaired) electrons. The molecule has 0 spiro atoms. The Labute approximate surface area is 138 Å². The number of rotatable bonds is 2. The van der Waals surface area contributed by atoms with Gasteiger partial charge in [-0.05, 0) is 33.6 Å². The number of aromatic nitrogens is 1. The van der Waals surface area contributed by atoms with Crippen LogP contribution < -0.4 is 9.64 Å². The van der Waals surface area contributed by atoms with E-state index in [1.54, 1.807) is 13.3 Å². The largest absolute Gasteiger partial charge is 0.495 e. The van der Waals surface area contributed by atoms with E-state index in [0.29, 0.717) is 13.1 Å². The number of nitrogens with zero attached hydrogens (tertiary/aromatic N) is 3. The Morgan fingerprint density at radius 2 is 1.78 bits per heavy atom. The number of anilines is 1. The molecule has 128 valence electrons. The van der Waals surface area contributed by atoms with E-state index in [4.69, 9.17) is 9.47 Å². The average molecular weight is 321 g/mol. The molecule has 23 heavy (non-hydrogen) atoms. The third-order valence-electron chi connectivity index (χ3n) is 3.66. The van der Waals surface area contributed by atoms with Crippen molar-refractivity contribution >= 4 is 11.8 Å².